The van der Waals surface area contributed by atoms with Crippen LogP contribution in [0.1, 0.15) is 12.8 Å². The molecule has 1 atom stereocenters. The Bertz CT molecular complexity index is 542. The number of methoxy groups -OCH3 is 1. The molecule has 1 aromatic carbocycles. The maximum atomic E-state index is 12.3. The van der Waals surface area contributed by atoms with Crippen LogP contribution in [-0.4, -0.2) is 33.1 Å². The van der Waals surface area contributed by atoms with E-state index in [-0.39, 0.29) is 10.9 Å². The molecule has 1 N–H and O–H groups in total. The van der Waals surface area contributed by atoms with Crippen molar-refractivity contribution in [3.8, 4) is 5.75 Å². The van der Waals surface area contributed by atoms with Crippen molar-refractivity contribution in [1.29, 1.82) is 0 Å². The van der Waals surface area contributed by atoms with E-state index < -0.39 is 10.0 Å². The molecular weight excluding hydrogens is 350 g/mol. The second-order valence-electron chi connectivity index (χ2n) is 4.33. The van der Waals surface area contributed by atoms with Gasteiger partial charge in [-0.05, 0) is 52.7 Å². The Labute approximate surface area is 126 Å². The fraction of sp³-hybridized carbons (Fsp3) is 0.500. The first-order valence-electron chi connectivity index (χ1n) is 5.96. The minimum absolute atomic E-state index is 0.0321. The molecule has 7 heteroatoms. The highest BCUT2D eigenvalue weighted by molar-refractivity contribution is 9.10. The smallest absolute Gasteiger partial charge is 0.240 e. The summed E-state index contributed by atoms with van der Waals surface area (Å²) in [5, 5.41) is 0. The summed E-state index contributed by atoms with van der Waals surface area (Å²) in [5.74, 6) is 2.58. The van der Waals surface area contributed by atoms with Gasteiger partial charge in [0.1, 0.15) is 5.75 Å². The molecule has 0 bridgehead atoms. The summed E-state index contributed by atoms with van der Waals surface area (Å²) in [6.45, 7) is 0. The zero-order valence-corrected chi connectivity index (χ0v) is 13.8. The highest BCUT2D eigenvalue weighted by Crippen LogP contribution is 2.28. The quantitative estimate of drug-likeness (QED) is 0.890. The molecule has 106 valence electrons. The average Bonchev–Trinajstić information content (AvgIpc) is 2.39. The van der Waals surface area contributed by atoms with Gasteiger partial charge in [-0.25, -0.2) is 13.1 Å². The molecule has 0 aliphatic carbocycles. The molecule has 1 aliphatic rings. The van der Waals surface area contributed by atoms with Gasteiger partial charge in [0, 0.05) is 11.8 Å². The van der Waals surface area contributed by atoms with Crippen LogP contribution in [0.15, 0.2) is 27.6 Å². The normalized spacial score (nSPS) is 20.2. The molecule has 1 unspecified atom stereocenters. The third-order valence-corrected chi connectivity index (χ3v) is 6.27. The second-order valence-corrected chi connectivity index (χ2v) is 8.05. The molecule has 19 heavy (non-hydrogen) atoms. The van der Waals surface area contributed by atoms with E-state index in [1.165, 1.54) is 0 Å². The van der Waals surface area contributed by atoms with Gasteiger partial charge in [-0.1, -0.05) is 0 Å². The number of nitrogens with one attached hydrogen (secondary N) is 1. The van der Waals surface area contributed by atoms with E-state index in [1.54, 1.807) is 37.1 Å². The predicted octanol–water partition coefficient (Wildman–Crippen LogP) is 2.63. The van der Waals surface area contributed by atoms with Gasteiger partial charge in [0.15, 0.2) is 0 Å². The number of rotatable bonds is 4. The monoisotopic (exact) mass is 365 g/mol. The van der Waals surface area contributed by atoms with Gasteiger partial charge >= 0.3 is 0 Å². The maximum absolute atomic E-state index is 12.3. The lowest BCUT2D eigenvalue weighted by Crippen LogP contribution is -2.38. The van der Waals surface area contributed by atoms with Crippen molar-refractivity contribution in [2.24, 2.45) is 0 Å². The van der Waals surface area contributed by atoms with Crippen molar-refractivity contribution in [2.75, 3.05) is 18.6 Å². The van der Waals surface area contributed by atoms with Crippen molar-refractivity contribution < 1.29 is 13.2 Å². The van der Waals surface area contributed by atoms with E-state index in [2.05, 4.69) is 20.7 Å². The average molecular weight is 366 g/mol. The van der Waals surface area contributed by atoms with E-state index in [4.69, 9.17) is 4.74 Å². The number of benzene rings is 1. The minimum Gasteiger partial charge on any atom is -0.496 e. The summed E-state index contributed by atoms with van der Waals surface area (Å²) in [6.07, 6.45) is 1.97. The molecule has 1 aromatic rings. The SMILES string of the molecule is COc1ccc(S(=O)(=O)NC2CCCSC2)cc1Br. The summed E-state index contributed by atoms with van der Waals surface area (Å²) in [5.41, 5.74) is 0. The van der Waals surface area contributed by atoms with Crippen LogP contribution in [0.2, 0.25) is 0 Å². The molecule has 2 rings (SSSR count). The number of hydrogen-bond acceptors (Lipinski definition) is 4. The van der Waals surface area contributed by atoms with Crippen LogP contribution in [-0.2, 0) is 10.0 Å². The highest BCUT2D eigenvalue weighted by Gasteiger charge is 2.22. The standard InChI is InChI=1S/C12H16BrNO3S2/c1-17-12-5-4-10(7-11(12)13)19(15,16)14-9-3-2-6-18-8-9/h4-5,7,9,14H,2-3,6,8H2,1H3. The first kappa shape index (κ1) is 15.2. The van der Waals surface area contributed by atoms with E-state index >= 15 is 0 Å². The second kappa shape index (κ2) is 6.47. The van der Waals surface area contributed by atoms with Crippen LogP contribution in [0.3, 0.4) is 0 Å². The fourth-order valence-electron chi connectivity index (χ4n) is 1.94. The molecule has 0 saturated carbocycles. The Hall–Kier alpha value is -0.240. The summed E-state index contributed by atoms with van der Waals surface area (Å²) in [7, 11) is -1.91. The molecule has 1 heterocycles. The number of halogens is 1. The van der Waals surface area contributed by atoms with Crippen molar-refractivity contribution in [2.45, 2.75) is 23.8 Å². The van der Waals surface area contributed by atoms with E-state index in [1.807, 2.05) is 0 Å². The van der Waals surface area contributed by atoms with Gasteiger partial charge in [0.25, 0.3) is 0 Å². The molecule has 0 radical (unpaired) electrons. The topological polar surface area (TPSA) is 55.4 Å². The van der Waals surface area contributed by atoms with Gasteiger partial charge < -0.3 is 4.74 Å². The van der Waals surface area contributed by atoms with Crippen molar-refractivity contribution in [3.05, 3.63) is 22.7 Å². The zero-order chi connectivity index (χ0) is 13.9. The number of sulfonamides is 1. The van der Waals surface area contributed by atoms with Gasteiger partial charge in [0.2, 0.25) is 10.0 Å². The minimum atomic E-state index is -3.46. The predicted molar refractivity (Wildman–Crippen MR) is 81.4 cm³/mol. The Balaban J connectivity index is 2.16. The van der Waals surface area contributed by atoms with E-state index in [0.717, 1.165) is 24.3 Å². The van der Waals surface area contributed by atoms with Gasteiger partial charge in [-0.2, -0.15) is 11.8 Å². The first-order chi connectivity index (χ1) is 9.03. The Morgan fingerprint density at radius 2 is 2.26 bits per heavy atom. The fourth-order valence-corrected chi connectivity index (χ4v) is 5.10. The van der Waals surface area contributed by atoms with Crippen LogP contribution < -0.4 is 9.46 Å². The van der Waals surface area contributed by atoms with Crippen LogP contribution in [0.4, 0.5) is 0 Å². The lowest BCUT2D eigenvalue weighted by Gasteiger charge is -2.22. The zero-order valence-electron chi connectivity index (χ0n) is 10.6. The Morgan fingerprint density at radius 1 is 1.47 bits per heavy atom. The molecule has 0 aromatic heterocycles. The lowest BCUT2D eigenvalue weighted by atomic mass is 10.2. The van der Waals surface area contributed by atoms with Gasteiger partial charge in [-0.15, -0.1) is 0 Å². The molecule has 1 fully saturated rings. The Morgan fingerprint density at radius 3 is 2.84 bits per heavy atom. The number of ether oxygens (including phenoxy) is 1. The maximum Gasteiger partial charge on any atom is 0.240 e. The van der Waals surface area contributed by atoms with Crippen LogP contribution in [0, 0.1) is 0 Å². The lowest BCUT2D eigenvalue weighted by molar-refractivity contribution is 0.411. The third-order valence-electron chi connectivity index (χ3n) is 2.92. The molecule has 0 spiro atoms. The molecule has 1 aliphatic heterocycles. The molecule has 0 amide bonds. The van der Waals surface area contributed by atoms with E-state index in [9.17, 15) is 8.42 Å². The van der Waals surface area contributed by atoms with E-state index in [0.29, 0.717) is 10.2 Å². The van der Waals surface area contributed by atoms with Crippen LogP contribution in [0.5, 0.6) is 5.75 Å². The van der Waals surface area contributed by atoms with Gasteiger partial charge in [-0.3, -0.25) is 0 Å². The summed E-state index contributed by atoms with van der Waals surface area (Å²) in [4.78, 5) is 0.260. The van der Waals surface area contributed by atoms with Gasteiger partial charge in [0.05, 0.1) is 16.5 Å². The number of hydrogen-bond donors (Lipinski definition) is 1. The summed E-state index contributed by atoms with van der Waals surface area (Å²) < 4.78 is 33.0. The first-order valence-corrected chi connectivity index (χ1v) is 9.39. The van der Waals surface area contributed by atoms with Crippen LogP contribution >= 0.6 is 27.7 Å². The number of thioether (sulfide) groups is 1. The van der Waals surface area contributed by atoms with Crippen molar-refractivity contribution in [3.63, 3.8) is 0 Å². The largest absolute Gasteiger partial charge is 0.496 e. The highest BCUT2D eigenvalue weighted by atomic mass is 79.9. The van der Waals surface area contributed by atoms with Crippen molar-refractivity contribution in [1.82, 2.24) is 4.72 Å². The summed E-state index contributed by atoms with van der Waals surface area (Å²) in [6, 6.07) is 4.80. The molecular formula is C12H16BrNO3S2. The Kier molecular flexibility index (Phi) is 5.16. The third kappa shape index (κ3) is 3.87. The van der Waals surface area contributed by atoms with Crippen molar-refractivity contribution >= 4 is 37.7 Å². The van der Waals surface area contributed by atoms with Crippen LogP contribution in [0.25, 0.3) is 0 Å². The molecule has 1 saturated heterocycles. The summed E-state index contributed by atoms with van der Waals surface area (Å²) >= 11 is 5.10. The molecule has 4 nitrogen and oxygen atoms in total.